The number of rotatable bonds is 16. The number of hydrogen-bond donors (Lipinski definition) is 0. The van der Waals surface area contributed by atoms with E-state index in [9.17, 15) is 4.79 Å². The quantitative estimate of drug-likeness (QED) is 0.0712. The van der Waals surface area contributed by atoms with Crippen LogP contribution in [0.3, 0.4) is 0 Å². The number of fused-ring (bicyclic) bond motifs is 1. The molecule has 386 valence electrons. The van der Waals surface area contributed by atoms with Crippen LogP contribution in [0.5, 0.6) is 34.5 Å². The summed E-state index contributed by atoms with van der Waals surface area (Å²) in [7, 11) is -12.1. The minimum atomic E-state index is -2.49. The fraction of sp³-hybridized carbons (Fsp3) is 0.691. The molecule has 0 aromatic heterocycles. The van der Waals surface area contributed by atoms with Crippen molar-refractivity contribution in [3.05, 3.63) is 58.7 Å². The van der Waals surface area contributed by atoms with Gasteiger partial charge in [-0.3, -0.25) is 0 Å². The van der Waals surface area contributed by atoms with Crippen molar-refractivity contribution in [1.82, 2.24) is 0 Å². The van der Waals surface area contributed by atoms with E-state index in [1.54, 1.807) is 6.08 Å². The smallest absolute Gasteiger partial charge is 0.331 e. The second-order valence-corrected chi connectivity index (χ2v) is 51.2. The Morgan fingerprint density at radius 1 is 0.574 bits per heavy atom. The average Bonchev–Trinajstić information content (AvgIpc) is 3.09. The lowest BCUT2D eigenvalue weighted by Crippen LogP contribution is -2.47. The van der Waals surface area contributed by atoms with E-state index in [4.69, 9.17) is 31.6 Å². The molecule has 13 heteroatoms. The lowest BCUT2D eigenvalue weighted by atomic mass is 9.93. The van der Waals surface area contributed by atoms with Crippen molar-refractivity contribution >= 4 is 47.6 Å². The van der Waals surface area contributed by atoms with Crippen molar-refractivity contribution in [3.8, 4) is 34.5 Å². The van der Waals surface area contributed by atoms with Crippen molar-refractivity contribution in [1.29, 1.82) is 0 Å². The van der Waals surface area contributed by atoms with Crippen LogP contribution in [-0.4, -0.2) is 53.7 Å². The largest absolute Gasteiger partial charge is 0.543 e. The van der Waals surface area contributed by atoms with E-state index in [2.05, 4.69) is 207 Å². The van der Waals surface area contributed by atoms with E-state index in [0.29, 0.717) is 29.4 Å². The van der Waals surface area contributed by atoms with Crippen molar-refractivity contribution < 1.29 is 36.4 Å². The summed E-state index contributed by atoms with van der Waals surface area (Å²) in [5.74, 6) is 3.61. The van der Waals surface area contributed by atoms with Gasteiger partial charge in [0.25, 0.3) is 25.0 Å². The molecule has 3 rings (SSSR count). The molecule has 0 radical (unpaired) electrons. The maximum atomic E-state index is 14.2. The van der Waals surface area contributed by atoms with Crippen LogP contribution in [-0.2, 0) is 16.0 Å². The summed E-state index contributed by atoms with van der Waals surface area (Å²) in [6, 6.07) is 8.25. The van der Waals surface area contributed by atoms with Gasteiger partial charge in [0.1, 0.15) is 34.9 Å². The molecule has 2 aromatic carbocycles. The molecular formula is C55H98O8Si5. The third-order valence-electron chi connectivity index (χ3n) is 16.1. The van der Waals surface area contributed by atoms with Gasteiger partial charge in [-0.15, -0.1) is 0 Å². The topological polar surface area (TPSA) is 81.7 Å². The monoisotopic (exact) mass is 1030 g/mol. The van der Waals surface area contributed by atoms with E-state index in [1.165, 1.54) is 5.57 Å². The third kappa shape index (κ3) is 14.7. The molecule has 0 spiro atoms. The Bertz CT molecular complexity index is 2110. The molecule has 68 heavy (non-hydrogen) atoms. The highest BCUT2D eigenvalue weighted by atomic mass is 28.4. The highest BCUT2D eigenvalue weighted by Crippen LogP contribution is 2.53. The predicted molar refractivity (Wildman–Crippen MR) is 301 cm³/mol. The zero-order chi connectivity index (χ0) is 52.8. The van der Waals surface area contributed by atoms with Gasteiger partial charge in [0, 0.05) is 35.8 Å². The summed E-state index contributed by atoms with van der Waals surface area (Å²) in [6.45, 7) is 62.6. The Balaban J connectivity index is 2.55. The van der Waals surface area contributed by atoms with Crippen LogP contribution in [0.15, 0.2) is 47.6 Å². The van der Waals surface area contributed by atoms with Crippen LogP contribution in [0.25, 0.3) is 0 Å². The summed E-state index contributed by atoms with van der Waals surface area (Å²) in [6.07, 6.45) is 4.32. The average molecular weight is 1030 g/mol. The summed E-state index contributed by atoms with van der Waals surface area (Å²) in [4.78, 5) is 14.2. The molecule has 2 atom stereocenters. The number of esters is 1. The number of benzene rings is 2. The zero-order valence-electron chi connectivity index (χ0n) is 48.5. The van der Waals surface area contributed by atoms with Gasteiger partial charge in [-0.25, -0.2) is 4.79 Å². The first kappa shape index (κ1) is 59.6. The Hall–Kier alpha value is -2.73. The molecule has 0 saturated carbocycles. The number of ether oxygens (including phenoxy) is 2. The van der Waals surface area contributed by atoms with Crippen LogP contribution in [0, 0.1) is 0 Å². The minimum Gasteiger partial charge on any atom is -0.543 e. The number of hydrogen-bond acceptors (Lipinski definition) is 8. The lowest BCUT2D eigenvalue weighted by Gasteiger charge is -2.42. The SMILES string of the molecule is CC(C)=CCC/C(C)=C/C(=O)O[C@@H]1Cc2c(cc(O[Si](C)(C)C(C)(C)C)cc2O[Si](C)(C)C(C)(C)C)O[C@@H]1c1cc(O[Si](C)(C)C(C)(C)C)c(O[Si](C)(C)C(C)(C)C)c(O[Si](C)(C)C(C)(C)C)c1. The molecule has 0 aliphatic carbocycles. The molecule has 0 N–H and O–H groups in total. The van der Waals surface area contributed by atoms with Gasteiger partial charge in [0.15, 0.2) is 11.9 Å². The second kappa shape index (κ2) is 20.4. The van der Waals surface area contributed by atoms with Crippen LogP contribution in [0.1, 0.15) is 155 Å². The number of carbonyl (C=O) groups is 1. The van der Waals surface area contributed by atoms with Gasteiger partial charge < -0.3 is 31.6 Å². The zero-order valence-corrected chi connectivity index (χ0v) is 53.5. The molecule has 1 aliphatic heterocycles. The van der Waals surface area contributed by atoms with Crippen molar-refractivity contribution in [2.45, 2.75) is 247 Å². The van der Waals surface area contributed by atoms with E-state index in [-0.39, 0.29) is 25.2 Å². The van der Waals surface area contributed by atoms with Gasteiger partial charge in [0.2, 0.25) is 16.6 Å². The van der Waals surface area contributed by atoms with Gasteiger partial charge >= 0.3 is 5.97 Å². The maximum absolute atomic E-state index is 14.2. The van der Waals surface area contributed by atoms with Crippen LogP contribution >= 0.6 is 0 Å². The summed E-state index contributed by atoms with van der Waals surface area (Å²) in [5.41, 5.74) is 3.86. The predicted octanol–water partition coefficient (Wildman–Crippen LogP) is 17.9. The minimum absolute atomic E-state index is 0.0430. The maximum Gasteiger partial charge on any atom is 0.331 e. The first-order valence-electron chi connectivity index (χ1n) is 25.2. The standard InChI is InChI=1S/C55H98O8Si5/c1-38(2)30-29-31-39(3)32-48(56)57-45-37-42-43(35-41(59-64(19,20)51(4,5)6)36-44(42)60-65(21,22)52(7,8)9)58-49(45)40-33-46(61-66(23,24)53(10,11)12)50(63-68(27,28)55(16,17)18)47(34-40)62-67(25,26)54(13,14)15/h30,32-36,45,49H,29,31,37H2,1-28H3/b39-32+/t45-,49-/m1/s1. The molecule has 0 unspecified atom stereocenters. The van der Waals surface area contributed by atoms with E-state index < -0.39 is 59.8 Å². The molecule has 0 amide bonds. The molecule has 2 aromatic rings. The van der Waals surface area contributed by atoms with Gasteiger partial charge in [-0.2, -0.15) is 0 Å². The molecule has 1 heterocycles. The molecule has 0 fully saturated rings. The fourth-order valence-electron chi connectivity index (χ4n) is 6.16. The van der Waals surface area contributed by atoms with Gasteiger partial charge in [-0.05, 0) is 136 Å². The summed E-state index contributed by atoms with van der Waals surface area (Å²) in [5, 5.41) is -0.461. The third-order valence-corrected chi connectivity index (χ3v) is 37.8. The Morgan fingerprint density at radius 2 is 0.971 bits per heavy atom. The normalized spacial score (nSPS) is 17.1. The molecule has 0 saturated heterocycles. The van der Waals surface area contributed by atoms with Crippen molar-refractivity contribution in [2.24, 2.45) is 0 Å². The molecule has 0 bridgehead atoms. The molecule has 8 nitrogen and oxygen atoms in total. The Morgan fingerprint density at radius 3 is 1.38 bits per heavy atom. The van der Waals surface area contributed by atoms with Crippen LogP contribution < -0.4 is 26.9 Å². The van der Waals surface area contributed by atoms with Gasteiger partial charge in [0.05, 0.1) is 0 Å². The fourth-order valence-corrected chi connectivity index (χ4v) is 11.2. The second-order valence-electron chi connectivity index (χ2n) is 27.6. The summed E-state index contributed by atoms with van der Waals surface area (Å²) < 4.78 is 50.4. The first-order chi connectivity index (χ1) is 30.2. The highest BCUT2D eigenvalue weighted by molar-refractivity contribution is 6.77. The van der Waals surface area contributed by atoms with E-state index >= 15 is 0 Å². The van der Waals surface area contributed by atoms with Crippen molar-refractivity contribution in [3.63, 3.8) is 0 Å². The number of allylic oxidation sites excluding steroid dienone is 3. The highest BCUT2D eigenvalue weighted by Gasteiger charge is 2.48. The van der Waals surface area contributed by atoms with Crippen LogP contribution in [0.2, 0.25) is 90.7 Å². The van der Waals surface area contributed by atoms with E-state index in [0.717, 1.165) is 41.0 Å². The van der Waals surface area contributed by atoms with E-state index in [1.807, 2.05) is 13.0 Å². The van der Waals surface area contributed by atoms with Crippen LogP contribution in [0.4, 0.5) is 0 Å². The molecule has 1 aliphatic rings. The Labute approximate surface area is 421 Å². The number of carbonyl (C=O) groups excluding carboxylic acids is 1. The van der Waals surface area contributed by atoms with Crippen molar-refractivity contribution in [2.75, 3.05) is 0 Å². The summed E-state index contributed by atoms with van der Waals surface area (Å²) >= 11 is 0. The van der Waals surface area contributed by atoms with Gasteiger partial charge in [-0.1, -0.05) is 121 Å². The Kier molecular flexibility index (Phi) is 17.9. The molecular weight excluding hydrogens is 929 g/mol. The first-order valence-corrected chi connectivity index (χ1v) is 39.7. The lowest BCUT2D eigenvalue weighted by molar-refractivity contribution is -0.149.